The zero-order valence-corrected chi connectivity index (χ0v) is 17.7. The summed E-state index contributed by atoms with van der Waals surface area (Å²) < 4.78 is 11.1. The Morgan fingerprint density at radius 1 is 0.968 bits per heavy atom. The minimum atomic E-state index is -0.500. The van der Waals surface area contributed by atoms with Crippen LogP contribution >= 0.6 is 0 Å². The number of benzene rings is 3. The Morgan fingerprint density at radius 2 is 1.58 bits per heavy atom. The lowest BCUT2D eigenvalue weighted by Gasteiger charge is -2.22. The van der Waals surface area contributed by atoms with Crippen molar-refractivity contribution in [3.8, 4) is 16.9 Å². The van der Waals surface area contributed by atoms with Crippen LogP contribution < -0.4 is 15.0 Å². The Hall–Kier alpha value is -3.80. The molecule has 4 rings (SSSR count). The van der Waals surface area contributed by atoms with E-state index < -0.39 is 6.09 Å². The number of hydrogen-bond acceptors (Lipinski definition) is 4. The number of fused-ring (bicyclic) bond motifs is 3. The molecule has 0 radical (unpaired) electrons. The Kier molecular flexibility index (Phi) is 5.62. The van der Waals surface area contributed by atoms with Gasteiger partial charge in [-0.1, -0.05) is 48.5 Å². The number of rotatable bonds is 5. The second-order valence-corrected chi connectivity index (χ2v) is 7.43. The summed E-state index contributed by atoms with van der Waals surface area (Å²) >= 11 is 0. The molecule has 0 fully saturated rings. The van der Waals surface area contributed by atoms with E-state index in [4.69, 9.17) is 9.47 Å². The maximum Gasteiger partial charge on any atom is 0.414 e. The number of nitrogens with zero attached hydrogens (tertiary/aromatic N) is 1. The molecule has 6 nitrogen and oxygen atoms in total. The molecule has 0 heterocycles. The Morgan fingerprint density at radius 3 is 2.16 bits per heavy atom. The quantitative estimate of drug-likeness (QED) is 0.633. The molecule has 1 N–H and O–H groups in total. The average molecular weight is 416 g/mol. The van der Waals surface area contributed by atoms with Crippen molar-refractivity contribution in [1.29, 1.82) is 0 Å². The minimum absolute atomic E-state index is 0.0163. The van der Waals surface area contributed by atoms with E-state index >= 15 is 0 Å². The van der Waals surface area contributed by atoms with E-state index in [1.165, 1.54) is 30.1 Å². The van der Waals surface area contributed by atoms with Crippen molar-refractivity contribution >= 4 is 23.4 Å². The summed E-state index contributed by atoms with van der Waals surface area (Å²) in [7, 11) is 3.15. The summed E-state index contributed by atoms with van der Waals surface area (Å²) in [6, 6.07) is 21.5. The summed E-state index contributed by atoms with van der Waals surface area (Å²) in [6.45, 7) is 1.66. The van der Waals surface area contributed by atoms with Crippen LogP contribution in [0, 0.1) is 0 Å². The van der Waals surface area contributed by atoms with Gasteiger partial charge in [0.2, 0.25) is 5.91 Å². The van der Waals surface area contributed by atoms with Crippen LogP contribution in [0.3, 0.4) is 0 Å². The van der Waals surface area contributed by atoms with E-state index in [9.17, 15) is 9.59 Å². The Labute approximate surface area is 181 Å². The van der Waals surface area contributed by atoms with Crippen molar-refractivity contribution in [2.75, 3.05) is 31.0 Å². The molecule has 0 aromatic heterocycles. The molecule has 31 heavy (non-hydrogen) atoms. The molecule has 2 amide bonds. The van der Waals surface area contributed by atoms with Crippen LogP contribution in [-0.4, -0.2) is 32.8 Å². The lowest BCUT2D eigenvalue weighted by atomic mass is 9.98. The first kappa shape index (κ1) is 20.5. The fourth-order valence-electron chi connectivity index (χ4n) is 4.02. The van der Waals surface area contributed by atoms with Gasteiger partial charge < -0.3 is 14.8 Å². The third-order valence-electron chi connectivity index (χ3n) is 5.47. The molecule has 0 unspecified atom stereocenters. The van der Waals surface area contributed by atoms with Crippen molar-refractivity contribution in [3.05, 3.63) is 77.9 Å². The SMILES string of the molecule is COc1ccc(NC(C)=O)cc1N(C)C(=O)OCC1c2ccccc2-c2ccccc21. The lowest BCUT2D eigenvalue weighted by molar-refractivity contribution is -0.114. The van der Waals surface area contributed by atoms with Crippen molar-refractivity contribution in [3.63, 3.8) is 0 Å². The molecular weight excluding hydrogens is 392 g/mol. The van der Waals surface area contributed by atoms with Crippen molar-refractivity contribution in [2.45, 2.75) is 12.8 Å². The predicted octanol–water partition coefficient (Wildman–Crippen LogP) is 5.04. The number of hydrogen-bond donors (Lipinski definition) is 1. The number of amides is 2. The molecule has 0 atom stereocenters. The molecule has 6 heteroatoms. The van der Waals surface area contributed by atoms with Crippen molar-refractivity contribution in [1.82, 2.24) is 0 Å². The fourth-order valence-corrected chi connectivity index (χ4v) is 4.02. The van der Waals surface area contributed by atoms with Gasteiger partial charge in [-0.2, -0.15) is 0 Å². The Bertz CT molecular complexity index is 1100. The van der Waals surface area contributed by atoms with Gasteiger partial charge in [-0.25, -0.2) is 4.79 Å². The molecule has 0 spiro atoms. The molecule has 0 saturated heterocycles. The van der Waals surface area contributed by atoms with Crippen LogP contribution in [0.5, 0.6) is 5.75 Å². The van der Waals surface area contributed by atoms with E-state index in [1.54, 1.807) is 25.2 Å². The number of anilines is 2. The number of carbonyl (C=O) groups is 2. The highest BCUT2D eigenvalue weighted by Gasteiger charge is 2.29. The largest absolute Gasteiger partial charge is 0.495 e. The smallest absolute Gasteiger partial charge is 0.414 e. The molecule has 1 aliphatic rings. The molecule has 0 aliphatic heterocycles. The normalized spacial score (nSPS) is 12.0. The number of carbonyl (C=O) groups excluding carboxylic acids is 2. The van der Waals surface area contributed by atoms with E-state index in [-0.39, 0.29) is 18.4 Å². The van der Waals surface area contributed by atoms with Crippen LogP contribution in [0.25, 0.3) is 11.1 Å². The topological polar surface area (TPSA) is 67.9 Å². The van der Waals surface area contributed by atoms with E-state index in [1.807, 2.05) is 24.3 Å². The summed E-state index contributed by atoms with van der Waals surface area (Å²) in [6.07, 6.45) is -0.500. The first-order chi connectivity index (χ1) is 15.0. The molecular formula is C25H24N2O4. The molecule has 3 aromatic carbocycles. The molecule has 0 bridgehead atoms. The van der Waals surface area contributed by atoms with Gasteiger partial charge in [-0.05, 0) is 40.5 Å². The zero-order valence-electron chi connectivity index (χ0n) is 17.7. The van der Waals surface area contributed by atoms with Gasteiger partial charge in [0.1, 0.15) is 12.4 Å². The van der Waals surface area contributed by atoms with Crippen molar-refractivity contribution in [2.24, 2.45) is 0 Å². The van der Waals surface area contributed by atoms with Gasteiger partial charge in [-0.15, -0.1) is 0 Å². The van der Waals surface area contributed by atoms with Crippen LogP contribution in [0.2, 0.25) is 0 Å². The van der Waals surface area contributed by atoms with Crippen LogP contribution in [0.15, 0.2) is 66.7 Å². The summed E-state index contributed by atoms with van der Waals surface area (Å²) in [4.78, 5) is 25.7. The molecule has 3 aromatic rings. The van der Waals surface area contributed by atoms with Gasteiger partial charge in [0, 0.05) is 25.6 Å². The van der Waals surface area contributed by atoms with Gasteiger partial charge in [0.15, 0.2) is 0 Å². The van der Waals surface area contributed by atoms with E-state index in [0.717, 1.165) is 11.1 Å². The van der Waals surface area contributed by atoms with Crippen LogP contribution in [-0.2, 0) is 9.53 Å². The molecule has 0 saturated carbocycles. The minimum Gasteiger partial charge on any atom is -0.495 e. The summed E-state index contributed by atoms with van der Waals surface area (Å²) in [5.41, 5.74) is 5.75. The molecule has 1 aliphatic carbocycles. The molecule has 158 valence electrons. The van der Waals surface area contributed by atoms with E-state index in [2.05, 4.69) is 29.6 Å². The third-order valence-corrected chi connectivity index (χ3v) is 5.47. The predicted molar refractivity (Wildman–Crippen MR) is 121 cm³/mol. The fraction of sp³-hybridized carbons (Fsp3) is 0.200. The number of ether oxygens (including phenoxy) is 2. The zero-order chi connectivity index (χ0) is 22.0. The second kappa shape index (κ2) is 8.52. The highest BCUT2D eigenvalue weighted by atomic mass is 16.6. The summed E-state index contributed by atoms with van der Waals surface area (Å²) in [5.74, 6) is 0.294. The maximum absolute atomic E-state index is 12.9. The maximum atomic E-state index is 12.9. The first-order valence-corrected chi connectivity index (χ1v) is 10.0. The van der Waals surface area contributed by atoms with E-state index in [0.29, 0.717) is 17.1 Å². The third kappa shape index (κ3) is 3.97. The lowest BCUT2D eigenvalue weighted by Crippen LogP contribution is -2.29. The average Bonchev–Trinajstić information content (AvgIpc) is 3.10. The van der Waals surface area contributed by atoms with Gasteiger partial charge >= 0.3 is 6.09 Å². The number of nitrogens with one attached hydrogen (secondary N) is 1. The number of methoxy groups -OCH3 is 1. The summed E-state index contributed by atoms with van der Waals surface area (Å²) in [5, 5.41) is 2.72. The van der Waals surface area contributed by atoms with Crippen LogP contribution in [0.1, 0.15) is 24.0 Å². The monoisotopic (exact) mass is 416 g/mol. The van der Waals surface area contributed by atoms with Gasteiger partial charge in [0.05, 0.1) is 12.8 Å². The van der Waals surface area contributed by atoms with Crippen LogP contribution in [0.4, 0.5) is 16.2 Å². The standard InChI is InChI=1S/C25H24N2O4/c1-16(28)26-17-12-13-24(30-3)23(14-17)27(2)25(29)31-15-22-20-10-6-4-8-18(20)19-9-5-7-11-21(19)22/h4-14,22H,15H2,1-3H3,(H,26,28). The first-order valence-electron chi connectivity index (χ1n) is 10.0. The highest BCUT2D eigenvalue weighted by Crippen LogP contribution is 2.44. The van der Waals surface area contributed by atoms with Crippen molar-refractivity contribution < 1.29 is 19.1 Å². The second-order valence-electron chi connectivity index (χ2n) is 7.43. The Balaban J connectivity index is 1.54. The van der Waals surface area contributed by atoms with Gasteiger partial charge in [0.25, 0.3) is 0 Å². The van der Waals surface area contributed by atoms with Gasteiger partial charge in [-0.3, -0.25) is 9.69 Å². The highest BCUT2D eigenvalue weighted by molar-refractivity contribution is 5.93.